The van der Waals surface area contributed by atoms with Crippen LogP contribution in [0.3, 0.4) is 0 Å². The van der Waals surface area contributed by atoms with E-state index in [9.17, 15) is 4.80 Å². The zero-order valence-corrected chi connectivity index (χ0v) is 36.6. The maximum Gasteiger partial charge on any atom is 0.289 e. The molecule has 0 saturated carbocycles. The Hall–Kier alpha value is -0.0418. The van der Waals surface area contributed by atoms with Gasteiger partial charge in [-0.3, -0.25) is 0 Å². The fraction of sp³-hybridized carbons (Fsp3) is 0.656. The molecule has 0 bridgehead atoms. The first kappa shape index (κ1) is 36.2. The summed E-state index contributed by atoms with van der Waals surface area (Å²) in [6.07, 6.45) is 6.21. The molecule has 0 fully saturated rings. The Morgan fingerprint density at radius 3 is 1.12 bits per heavy atom. The summed E-state index contributed by atoms with van der Waals surface area (Å²) in [5.41, 5.74) is 8.24. The van der Waals surface area contributed by atoms with E-state index in [1.165, 1.54) is 5.19 Å². The molecule has 1 aromatic rings. The van der Waals surface area contributed by atoms with Crippen LogP contribution < -0.4 is 5.19 Å². The van der Waals surface area contributed by atoms with Crippen LogP contribution in [0, 0.1) is 0 Å². The van der Waals surface area contributed by atoms with Gasteiger partial charge >= 0.3 is 0 Å². The highest BCUT2D eigenvalue weighted by Crippen LogP contribution is 2.44. The molecule has 0 heterocycles. The van der Waals surface area contributed by atoms with Crippen molar-refractivity contribution in [3.05, 3.63) is 58.0 Å². The fourth-order valence-corrected chi connectivity index (χ4v) is 49.4. The van der Waals surface area contributed by atoms with Gasteiger partial charge in [0.1, 0.15) is 0 Å². The van der Waals surface area contributed by atoms with E-state index in [0.717, 1.165) is 5.20 Å². The molecule has 40 heavy (non-hydrogen) atoms. The van der Waals surface area contributed by atoms with Crippen molar-refractivity contribution < 1.29 is 4.80 Å². The van der Waals surface area contributed by atoms with Crippen LogP contribution in [0.4, 0.5) is 0 Å². The third kappa shape index (κ3) is 8.32. The Labute approximate surface area is 257 Å². The molecule has 1 aliphatic carbocycles. The highest BCUT2D eigenvalue weighted by Gasteiger charge is 2.47. The van der Waals surface area contributed by atoms with Crippen LogP contribution in [0.15, 0.2) is 41.3 Å². The zero-order chi connectivity index (χ0) is 31.4. The van der Waals surface area contributed by atoms with Crippen LogP contribution >= 0.6 is 0 Å². The smallest absolute Gasteiger partial charge is 0.289 e. The van der Waals surface area contributed by atoms with Gasteiger partial charge in [-0.25, -0.2) is 0 Å². The largest absolute Gasteiger partial charge is 0.424 e. The first-order valence-corrected chi connectivity index (χ1v) is 38.4. The molecular weight excluding hydrogens is 597 g/mol. The molecule has 1 N–H and O–H groups in total. The van der Waals surface area contributed by atoms with Gasteiger partial charge in [-0.05, 0) is 43.4 Å². The van der Waals surface area contributed by atoms with Crippen LogP contribution in [-0.4, -0.2) is 62.3 Å². The zero-order valence-electron chi connectivity index (χ0n) is 29.6. The maximum atomic E-state index is 12.5. The van der Waals surface area contributed by atoms with E-state index in [4.69, 9.17) is 0 Å². The molecule has 225 valence electrons. The Bertz CT molecular complexity index is 1070. The SMILES string of the molecule is C[Si](C)(C)C(c1cc(C([Si](C)(C)C)[Si](C)(C)C)c([Si](O)C2=C=CC=C2)c(C([Si](C)(C)C)[Si](C)(C)C)c1)[Si](C)(C)C. The van der Waals surface area contributed by atoms with E-state index in [2.05, 4.69) is 148 Å². The second-order valence-corrected chi connectivity index (χ2v) is 54.3. The third-order valence-electron chi connectivity index (χ3n) is 8.46. The minimum Gasteiger partial charge on any atom is -0.424 e. The van der Waals surface area contributed by atoms with Gasteiger partial charge in [0.2, 0.25) is 0 Å². The molecule has 1 nitrogen and oxygen atoms in total. The van der Waals surface area contributed by atoms with Crippen molar-refractivity contribution in [1.82, 2.24) is 0 Å². The van der Waals surface area contributed by atoms with E-state index in [0.29, 0.717) is 15.5 Å². The van der Waals surface area contributed by atoms with Gasteiger partial charge in [0.15, 0.2) is 0 Å². The molecule has 2 rings (SSSR count). The summed E-state index contributed by atoms with van der Waals surface area (Å²) in [5.74, 6) is 0. The Kier molecular flexibility index (Phi) is 10.7. The van der Waals surface area contributed by atoms with Gasteiger partial charge < -0.3 is 4.80 Å². The van der Waals surface area contributed by atoms with Gasteiger partial charge in [0, 0.05) is 53.6 Å². The summed E-state index contributed by atoms with van der Waals surface area (Å²) in [7, 11) is -11.5. The highest BCUT2D eigenvalue weighted by atomic mass is 28.4. The number of allylic oxidation sites excluding steroid dienone is 3. The second kappa shape index (κ2) is 11.8. The lowest BCUT2D eigenvalue weighted by Gasteiger charge is -2.46. The molecule has 0 spiro atoms. The molecule has 0 aliphatic heterocycles. The first-order chi connectivity index (χ1) is 17.6. The van der Waals surface area contributed by atoms with Gasteiger partial charge in [0.05, 0.1) is 0 Å². The summed E-state index contributed by atoms with van der Waals surface area (Å²) in [6.45, 7) is 46.7. The molecule has 1 aliphatic rings. The van der Waals surface area contributed by atoms with Crippen molar-refractivity contribution in [3.63, 3.8) is 0 Å². The molecular formula is C32H63OSi7. The summed E-state index contributed by atoms with van der Waals surface area (Å²) in [4.78, 5) is 12.5. The first-order valence-electron chi connectivity index (χ1n) is 15.5. The van der Waals surface area contributed by atoms with Crippen LogP contribution in [0.2, 0.25) is 118 Å². The predicted molar refractivity (Wildman–Crippen MR) is 203 cm³/mol. The third-order valence-corrected chi connectivity index (χ3v) is 38.2. The van der Waals surface area contributed by atoms with Gasteiger partial charge in [-0.15, -0.1) is 5.73 Å². The Morgan fingerprint density at radius 2 is 0.875 bits per heavy atom. The Morgan fingerprint density at radius 1 is 0.550 bits per heavy atom. The minimum atomic E-state index is -1.94. The van der Waals surface area contributed by atoms with E-state index in [1.807, 2.05) is 6.08 Å². The second-order valence-electron chi connectivity index (χ2n) is 19.0. The standard InChI is InChI=1S/C32H63OSi7/c1-35(2,3)30(36(4,5)6)25-23-27(31(37(7,8)9)38(10,11)12)29(34(33)26-21-19-20-22-26)28(24-25)32(39(13,14)15)40(16,17)18/h19-21,23-24,30-33H,1-18H3. The molecule has 0 atom stereocenters. The minimum absolute atomic E-state index is 0.601. The van der Waals surface area contributed by atoms with Crippen LogP contribution in [0.5, 0.6) is 0 Å². The van der Waals surface area contributed by atoms with Crippen molar-refractivity contribution in [2.75, 3.05) is 0 Å². The molecule has 0 saturated heterocycles. The molecule has 8 heteroatoms. The maximum absolute atomic E-state index is 12.5. The van der Waals surface area contributed by atoms with Crippen LogP contribution in [0.1, 0.15) is 32.2 Å². The summed E-state index contributed by atoms with van der Waals surface area (Å²) < 4.78 is 0. The quantitative estimate of drug-likeness (QED) is 0.185. The molecule has 1 radical (unpaired) electrons. The van der Waals surface area contributed by atoms with Crippen LogP contribution in [-0.2, 0) is 0 Å². The van der Waals surface area contributed by atoms with E-state index in [-0.39, 0.29) is 0 Å². The monoisotopic (exact) mass is 659 g/mol. The number of benzene rings is 1. The van der Waals surface area contributed by atoms with Crippen molar-refractivity contribution in [3.8, 4) is 0 Å². The fourth-order valence-electron chi connectivity index (χ4n) is 8.98. The molecule has 0 amide bonds. The Balaban J connectivity index is 3.33. The van der Waals surface area contributed by atoms with Gasteiger partial charge in [-0.1, -0.05) is 142 Å². The number of hydrogen-bond acceptors (Lipinski definition) is 1. The topological polar surface area (TPSA) is 20.2 Å². The lowest BCUT2D eigenvalue weighted by molar-refractivity contribution is 0.596. The predicted octanol–water partition coefficient (Wildman–Crippen LogP) is 9.58. The van der Waals surface area contributed by atoms with E-state index < -0.39 is 57.5 Å². The summed E-state index contributed by atoms with van der Waals surface area (Å²) >= 11 is 0. The molecule has 0 aromatic heterocycles. The highest BCUT2D eigenvalue weighted by molar-refractivity contribution is 6.98. The molecule has 0 unspecified atom stereocenters. The van der Waals surface area contributed by atoms with E-state index in [1.54, 1.807) is 16.7 Å². The average Bonchev–Trinajstić information content (AvgIpc) is 3.15. The van der Waals surface area contributed by atoms with Gasteiger partial charge in [0.25, 0.3) is 9.04 Å². The van der Waals surface area contributed by atoms with Crippen molar-refractivity contribution in [1.29, 1.82) is 0 Å². The number of rotatable bonds is 11. The summed E-state index contributed by atoms with van der Waals surface area (Å²) in [5, 5.41) is 4.32. The normalized spacial score (nSPS) is 15.8. The van der Waals surface area contributed by atoms with E-state index >= 15 is 0 Å². The van der Waals surface area contributed by atoms with Crippen molar-refractivity contribution in [2.24, 2.45) is 0 Å². The lowest BCUT2D eigenvalue weighted by Crippen LogP contribution is -2.55. The number of hydrogen-bond donors (Lipinski definition) is 1. The average molecular weight is 660 g/mol. The van der Waals surface area contributed by atoms with Crippen molar-refractivity contribution >= 4 is 62.7 Å². The summed E-state index contributed by atoms with van der Waals surface area (Å²) in [6, 6.07) is 5.41. The van der Waals surface area contributed by atoms with Gasteiger partial charge in [-0.2, -0.15) is 0 Å². The lowest BCUT2D eigenvalue weighted by atomic mass is 10.1. The van der Waals surface area contributed by atoms with Crippen LogP contribution in [0.25, 0.3) is 0 Å². The molecule has 1 aromatic carbocycles. The van der Waals surface area contributed by atoms with Crippen molar-refractivity contribution in [2.45, 2.75) is 133 Å².